The maximum Gasteiger partial charge on any atom is 0.169 e. The van der Waals surface area contributed by atoms with Crippen LogP contribution in [0.25, 0.3) is 16.7 Å². The van der Waals surface area contributed by atoms with Gasteiger partial charge in [0, 0.05) is 27.4 Å². The minimum absolute atomic E-state index is 0.0541. The van der Waals surface area contributed by atoms with Crippen molar-refractivity contribution in [1.82, 2.24) is 0 Å². The van der Waals surface area contributed by atoms with Crippen LogP contribution >= 0.6 is 23.2 Å². The number of halogens is 2. The Labute approximate surface area is 163 Å². The number of rotatable bonds is 3. The summed E-state index contributed by atoms with van der Waals surface area (Å²) in [7, 11) is 0. The Morgan fingerprint density at radius 3 is 2.54 bits per heavy atom. The first-order chi connectivity index (χ1) is 12.5. The predicted octanol–water partition coefficient (Wildman–Crippen LogP) is 6.49. The largest absolute Gasteiger partial charge is 0.511 e. The molecule has 1 fully saturated rings. The Balaban J connectivity index is 1.88. The summed E-state index contributed by atoms with van der Waals surface area (Å²) in [4.78, 5) is 13.0. The number of benzene rings is 2. The predicted molar refractivity (Wildman–Crippen MR) is 107 cm³/mol. The van der Waals surface area contributed by atoms with Crippen molar-refractivity contribution in [2.75, 3.05) is 0 Å². The molecule has 134 valence electrons. The fourth-order valence-corrected chi connectivity index (χ4v) is 4.80. The number of carbonyl (C=O) groups is 1. The van der Waals surface area contributed by atoms with Crippen LogP contribution in [-0.4, -0.2) is 10.9 Å². The highest BCUT2D eigenvalue weighted by Crippen LogP contribution is 2.46. The molecule has 0 spiro atoms. The minimum atomic E-state index is 0.0541. The van der Waals surface area contributed by atoms with E-state index in [2.05, 4.69) is 6.92 Å². The maximum absolute atomic E-state index is 13.0. The summed E-state index contributed by atoms with van der Waals surface area (Å²) < 4.78 is 0. The highest BCUT2D eigenvalue weighted by atomic mass is 35.5. The third kappa shape index (κ3) is 2.86. The molecule has 0 aromatic heterocycles. The number of allylic oxidation sites excluding steroid dienone is 2. The first kappa shape index (κ1) is 17.6. The summed E-state index contributed by atoms with van der Waals surface area (Å²) in [6.07, 6.45) is 3.36. The van der Waals surface area contributed by atoms with Gasteiger partial charge in [-0.1, -0.05) is 48.3 Å². The third-order valence-corrected chi connectivity index (χ3v) is 6.24. The van der Waals surface area contributed by atoms with Gasteiger partial charge in [0.1, 0.15) is 5.76 Å². The summed E-state index contributed by atoms with van der Waals surface area (Å²) in [6.45, 7) is 2.06. The van der Waals surface area contributed by atoms with Gasteiger partial charge in [-0.15, -0.1) is 0 Å². The summed E-state index contributed by atoms with van der Waals surface area (Å²) in [5.41, 5.74) is 4.22. The average Bonchev–Trinajstić information content (AvgIpc) is 3.07. The van der Waals surface area contributed by atoms with Gasteiger partial charge in [0.2, 0.25) is 0 Å². The Bertz CT molecular complexity index is 930. The molecule has 2 unspecified atom stereocenters. The lowest BCUT2D eigenvalue weighted by molar-refractivity contribution is -0.117. The maximum atomic E-state index is 13.0. The van der Waals surface area contributed by atoms with Crippen LogP contribution in [-0.2, 0) is 11.2 Å². The van der Waals surface area contributed by atoms with Crippen molar-refractivity contribution in [1.29, 1.82) is 0 Å². The van der Waals surface area contributed by atoms with Crippen molar-refractivity contribution < 1.29 is 9.90 Å². The van der Waals surface area contributed by atoms with Crippen LogP contribution in [0.4, 0.5) is 0 Å². The molecule has 0 amide bonds. The number of carbonyl (C=O) groups excluding carboxylic acids is 1. The lowest BCUT2D eigenvalue weighted by Gasteiger charge is -2.23. The van der Waals surface area contributed by atoms with Crippen molar-refractivity contribution in [3.63, 3.8) is 0 Å². The van der Waals surface area contributed by atoms with Crippen LogP contribution in [0.5, 0.6) is 0 Å². The molecule has 1 saturated carbocycles. The van der Waals surface area contributed by atoms with E-state index in [4.69, 9.17) is 23.2 Å². The molecule has 0 heterocycles. The highest BCUT2D eigenvalue weighted by Gasteiger charge is 2.41. The summed E-state index contributed by atoms with van der Waals surface area (Å²) >= 11 is 12.4. The Morgan fingerprint density at radius 2 is 1.81 bits per heavy atom. The number of aliphatic hydroxyl groups is 1. The van der Waals surface area contributed by atoms with E-state index in [1.165, 1.54) is 0 Å². The minimum Gasteiger partial charge on any atom is -0.511 e. The Morgan fingerprint density at radius 1 is 1.04 bits per heavy atom. The molecule has 2 nitrogen and oxygen atoms in total. The molecule has 0 saturated heterocycles. The van der Waals surface area contributed by atoms with E-state index in [1.807, 2.05) is 24.3 Å². The van der Waals surface area contributed by atoms with Gasteiger partial charge in [-0.05, 0) is 60.6 Å². The van der Waals surface area contributed by atoms with E-state index in [1.54, 1.807) is 12.1 Å². The first-order valence-electron chi connectivity index (χ1n) is 9.05. The topological polar surface area (TPSA) is 37.3 Å². The molecular weight excluding hydrogens is 367 g/mol. The quantitative estimate of drug-likeness (QED) is 0.654. The first-order valence-corrected chi connectivity index (χ1v) is 9.81. The van der Waals surface area contributed by atoms with Crippen molar-refractivity contribution in [3.8, 4) is 11.1 Å². The molecule has 4 rings (SSSR count). The number of hydrogen-bond donors (Lipinski definition) is 1. The van der Waals surface area contributed by atoms with Crippen molar-refractivity contribution in [3.05, 3.63) is 63.3 Å². The van der Waals surface area contributed by atoms with Crippen LogP contribution in [0.2, 0.25) is 10.0 Å². The van der Waals surface area contributed by atoms with Gasteiger partial charge in [0.25, 0.3) is 0 Å². The van der Waals surface area contributed by atoms with Gasteiger partial charge in [-0.2, -0.15) is 0 Å². The molecule has 2 aliphatic rings. The molecule has 4 heteroatoms. The summed E-state index contributed by atoms with van der Waals surface area (Å²) in [6, 6.07) is 11.4. The smallest absolute Gasteiger partial charge is 0.169 e. The molecule has 2 aliphatic carbocycles. The van der Waals surface area contributed by atoms with Gasteiger partial charge in [-0.25, -0.2) is 0 Å². The molecule has 1 N–H and O–H groups in total. The standard InChI is InChI=1S/C22H20Cl2O2/c1-2-12-3-4-13(17-8-7-16(23)11-19(17)24)10-18(12)20-21(25)14-5-6-15(9-14)22(20)26/h3-4,7-8,10-11,14-15,25H,2,5-6,9H2,1H3. The lowest BCUT2D eigenvalue weighted by atomic mass is 9.81. The van der Waals surface area contributed by atoms with Gasteiger partial charge in [-0.3, -0.25) is 4.79 Å². The van der Waals surface area contributed by atoms with Crippen molar-refractivity contribution in [2.24, 2.45) is 11.8 Å². The van der Waals surface area contributed by atoms with Gasteiger partial charge >= 0.3 is 0 Å². The van der Waals surface area contributed by atoms with Crippen LogP contribution in [0.1, 0.15) is 37.3 Å². The summed E-state index contributed by atoms with van der Waals surface area (Å²) in [5, 5.41) is 11.9. The lowest BCUT2D eigenvalue weighted by Crippen LogP contribution is -2.22. The molecule has 0 aliphatic heterocycles. The normalized spacial score (nSPS) is 22.2. The monoisotopic (exact) mass is 386 g/mol. The van der Waals surface area contributed by atoms with E-state index in [9.17, 15) is 9.90 Å². The second kappa shape index (κ2) is 6.75. The molecular formula is C22H20Cl2O2. The molecule has 2 aromatic carbocycles. The SMILES string of the molecule is CCc1ccc(-c2ccc(Cl)cc2Cl)cc1C1=C(O)C2CCC(C2)C1=O. The van der Waals surface area contributed by atoms with Crippen LogP contribution in [0.3, 0.4) is 0 Å². The zero-order chi connectivity index (χ0) is 18.4. The van der Waals surface area contributed by atoms with E-state index >= 15 is 0 Å². The van der Waals surface area contributed by atoms with Gasteiger partial charge < -0.3 is 5.11 Å². The van der Waals surface area contributed by atoms with E-state index < -0.39 is 0 Å². The van der Waals surface area contributed by atoms with Crippen LogP contribution < -0.4 is 0 Å². The Hall–Kier alpha value is -1.77. The number of aryl methyl sites for hydroxylation is 1. The van der Waals surface area contributed by atoms with Gasteiger partial charge in [0.05, 0.1) is 5.57 Å². The number of aliphatic hydroxyl groups excluding tert-OH is 1. The molecule has 26 heavy (non-hydrogen) atoms. The van der Waals surface area contributed by atoms with Gasteiger partial charge in [0.15, 0.2) is 5.78 Å². The third-order valence-electron chi connectivity index (χ3n) is 5.69. The number of Topliss-reactive ketones (excluding diaryl/α,β-unsaturated/α-hetero) is 1. The summed E-state index contributed by atoms with van der Waals surface area (Å²) in [5.74, 6) is 0.543. The zero-order valence-electron chi connectivity index (χ0n) is 14.6. The van der Waals surface area contributed by atoms with Crippen LogP contribution in [0, 0.1) is 11.8 Å². The molecule has 2 aromatic rings. The van der Waals surface area contributed by atoms with E-state index in [0.717, 1.165) is 47.9 Å². The number of hydrogen-bond acceptors (Lipinski definition) is 2. The second-order valence-corrected chi connectivity index (χ2v) is 8.02. The fraction of sp³-hybridized carbons (Fsp3) is 0.318. The van der Waals surface area contributed by atoms with Crippen LogP contribution in [0.15, 0.2) is 42.2 Å². The Kier molecular flexibility index (Phi) is 4.58. The van der Waals surface area contributed by atoms with E-state index in [-0.39, 0.29) is 23.4 Å². The van der Waals surface area contributed by atoms with E-state index in [0.29, 0.717) is 15.6 Å². The molecule has 2 atom stereocenters. The second-order valence-electron chi connectivity index (χ2n) is 7.18. The fourth-order valence-electron chi connectivity index (χ4n) is 4.28. The highest BCUT2D eigenvalue weighted by molar-refractivity contribution is 6.36. The molecule has 2 bridgehead atoms. The average molecular weight is 387 g/mol. The zero-order valence-corrected chi connectivity index (χ0v) is 16.1. The number of fused-ring (bicyclic) bond motifs is 2. The molecule has 0 radical (unpaired) electrons. The van der Waals surface area contributed by atoms with Crippen molar-refractivity contribution in [2.45, 2.75) is 32.6 Å². The number of ketones is 1. The van der Waals surface area contributed by atoms with Crippen molar-refractivity contribution >= 4 is 34.6 Å².